The van der Waals surface area contributed by atoms with Crippen molar-refractivity contribution in [1.29, 1.82) is 0 Å². The maximum Gasteiger partial charge on any atom is 0.251 e. The molecule has 6 nitrogen and oxygen atoms in total. The number of hydrogen-bond donors (Lipinski definition) is 2. The summed E-state index contributed by atoms with van der Waals surface area (Å²) >= 11 is 0. The molecule has 23 heavy (non-hydrogen) atoms. The highest BCUT2D eigenvalue weighted by atomic mass is 16.5. The molecular weight excluding hydrogens is 294 g/mol. The van der Waals surface area contributed by atoms with Crippen LogP contribution >= 0.6 is 0 Å². The van der Waals surface area contributed by atoms with Crippen molar-refractivity contribution < 1.29 is 14.1 Å². The fourth-order valence-corrected chi connectivity index (χ4v) is 2.17. The number of anilines is 1. The number of nitrogens with one attached hydrogen (secondary N) is 2. The third-order valence-corrected chi connectivity index (χ3v) is 3.24. The molecule has 0 bridgehead atoms. The van der Waals surface area contributed by atoms with E-state index < -0.39 is 6.04 Å². The first kappa shape index (κ1) is 16.7. The van der Waals surface area contributed by atoms with Crippen LogP contribution in [0.4, 0.5) is 5.82 Å². The quantitative estimate of drug-likeness (QED) is 0.858. The van der Waals surface area contributed by atoms with Crippen LogP contribution < -0.4 is 10.6 Å². The number of aryl methyl sites for hydroxylation is 1. The van der Waals surface area contributed by atoms with Gasteiger partial charge in [-0.25, -0.2) is 0 Å². The molecule has 0 radical (unpaired) electrons. The first-order valence-corrected chi connectivity index (χ1v) is 7.56. The predicted octanol–water partition coefficient (Wildman–Crippen LogP) is 2.77. The maximum absolute atomic E-state index is 12.4. The molecular formula is C17H21N3O3. The summed E-state index contributed by atoms with van der Waals surface area (Å²) in [6, 6.07) is 9.81. The van der Waals surface area contributed by atoms with E-state index >= 15 is 0 Å². The van der Waals surface area contributed by atoms with E-state index in [1.54, 1.807) is 37.3 Å². The van der Waals surface area contributed by atoms with Crippen molar-refractivity contribution in [3.8, 4) is 0 Å². The van der Waals surface area contributed by atoms with Gasteiger partial charge in [-0.05, 0) is 31.4 Å². The summed E-state index contributed by atoms with van der Waals surface area (Å²) in [5, 5.41) is 9.18. The van der Waals surface area contributed by atoms with Crippen LogP contribution in [0.1, 0.15) is 36.4 Å². The lowest BCUT2D eigenvalue weighted by molar-refractivity contribution is -0.118. The van der Waals surface area contributed by atoms with Gasteiger partial charge in [0.25, 0.3) is 5.91 Å². The molecule has 1 atom stereocenters. The van der Waals surface area contributed by atoms with Crippen LogP contribution in [0.2, 0.25) is 0 Å². The Hall–Kier alpha value is -2.63. The van der Waals surface area contributed by atoms with Gasteiger partial charge < -0.3 is 15.2 Å². The van der Waals surface area contributed by atoms with Gasteiger partial charge >= 0.3 is 0 Å². The molecule has 2 rings (SSSR count). The number of carbonyl (C=O) groups excluding carboxylic acids is 2. The topological polar surface area (TPSA) is 84.2 Å². The molecule has 122 valence electrons. The molecule has 1 aromatic carbocycles. The van der Waals surface area contributed by atoms with Gasteiger partial charge in [0.2, 0.25) is 5.91 Å². The largest absolute Gasteiger partial charge is 0.360 e. The molecule has 2 aromatic rings. The van der Waals surface area contributed by atoms with Crippen molar-refractivity contribution in [2.75, 3.05) is 5.32 Å². The lowest BCUT2D eigenvalue weighted by atomic mass is 10.0. The molecule has 6 heteroatoms. The zero-order valence-corrected chi connectivity index (χ0v) is 13.5. The number of rotatable bonds is 6. The Morgan fingerprint density at radius 1 is 1.22 bits per heavy atom. The lowest BCUT2D eigenvalue weighted by Crippen LogP contribution is -2.44. The Morgan fingerprint density at radius 2 is 1.91 bits per heavy atom. The lowest BCUT2D eigenvalue weighted by Gasteiger charge is -2.19. The van der Waals surface area contributed by atoms with Crippen LogP contribution in [0.25, 0.3) is 0 Å². The van der Waals surface area contributed by atoms with Crippen LogP contribution in [0, 0.1) is 12.8 Å². The molecule has 0 saturated carbocycles. The molecule has 0 spiro atoms. The molecule has 2 amide bonds. The van der Waals surface area contributed by atoms with Crippen molar-refractivity contribution in [1.82, 2.24) is 10.5 Å². The van der Waals surface area contributed by atoms with E-state index in [1.165, 1.54) is 0 Å². The van der Waals surface area contributed by atoms with Gasteiger partial charge in [-0.1, -0.05) is 37.2 Å². The summed E-state index contributed by atoms with van der Waals surface area (Å²) in [6.07, 6.45) is 0.529. The summed E-state index contributed by atoms with van der Waals surface area (Å²) < 4.78 is 4.92. The molecule has 0 aliphatic rings. The van der Waals surface area contributed by atoms with Crippen molar-refractivity contribution in [3.63, 3.8) is 0 Å². The molecule has 2 N–H and O–H groups in total. The molecule has 0 saturated heterocycles. The number of carbonyl (C=O) groups is 2. The van der Waals surface area contributed by atoms with Crippen LogP contribution in [0.3, 0.4) is 0 Å². The minimum absolute atomic E-state index is 0.251. The second kappa shape index (κ2) is 7.58. The highest BCUT2D eigenvalue weighted by molar-refractivity contribution is 6.00. The first-order valence-electron chi connectivity index (χ1n) is 7.56. The van der Waals surface area contributed by atoms with Gasteiger partial charge in [-0.3, -0.25) is 9.59 Å². The Kier molecular flexibility index (Phi) is 5.51. The minimum Gasteiger partial charge on any atom is -0.360 e. The van der Waals surface area contributed by atoms with E-state index in [4.69, 9.17) is 4.52 Å². The molecule has 0 unspecified atom stereocenters. The number of amides is 2. The summed E-state index contributed by atoms with van der Waals surface area (Å²) in [7, 11) is 0. The fraction of sp³-hybridized carbons (Fsp3) is 0.353. The minimum atomic E-state index is -0.639. The summed E-state index contributed by atoms with van der Waals surface area (Å²) in [5.74, 6) is 0.615. The maximum atomic E-state index is 12.4. The zero-order valence-electron chi connectivity index (χ0n) is 13.5. The van der Waals surface area contributed by atoms with Crippen LogP contribution in [-0.2, 0) is 4.79 Å². The van der Waals surface area contributed by atoms with Gasteiger partial charge in [0.1, 0.15) is 11.8 Å². The fourth-order valence-electron chi connectivity index (χ4n) is 2.17. The number of hydrogen-bond acceptors (Lipinski definition) is 4. The van der Waals surface area contributed by atoms with E-state index in [9.17, 15) is 9.59 Å². The predicted molar refractivity (Wildman–Crippen MR) is 87.0 cm³/mol. The molecule has 0 aliphatic heterocycles. The summed E-state index contributed by atoms with van der Waals surface area (Å²) in [4.78, 5) is 24.7. The van der Waals surface area contributed by atoms with E-state index in [-0.39, 0.29) is 17.7 Å². The van der Waals surface area contributed by atoms with Crippen molar-refractivity contribution >= 4 is 17.6 Å². The van der Waals surface area contributed by atoms with E-state index in [0.717, 1.165) is 0 Å². The van der Waals surface area contributed by atoms with E-state index in [2.05, 4.69) is 15.8 Å². The smallest absolute Gasteiger partial charge is 0.251 e. The average molecular weight is 315 g/mol. The van der Waals surface area contributed by atoms with Gasteiger partial charge in [-0.15, -0.1) is 0 Å². The van der Waals surface area contributed by atoms with Gasteiger partial charge in [0.05, 0.1) is 0 Å². The molecule has 1 aromatic heterocycles. The van der Waals surface area contributed by atoms with E-state index in [0.29, 0.717) is 23.6 Å². The van der Waals surface area contributed by atoms with Gasteiger partial charge in [0.15, 0.2) is 5.82 Å². The van der Waals surface area contributed by atoms with Gasteiger partial charge in [-0.2, -0.15) is 0 Å². The monoisotopic (exact) mass is 315 g/mol. The third-order valence-electron chi connectivity index (χ3n) is 3.24. The van der Waals surface area contributed by atoms with Gasteiger partial charge in [0, 0.05) is 11.6 Å². The molecule has 0 fully saturated rings. The number of benzene rings is 1. The SMILES string of the molecule is Cc1cc(NC(=O)[C@@H](CC(C)C)NC(=O)c2ccccc2)no1. The van der Waals surface area contributed by atoms with E-state index in [1.807, 2.05) is 19.9 Å². The number of aromatic nitrogens is 1. The van der Waals surface area contributed by atoms with Crippen LogP contribution in [0.5, 0.6) is 0 Å². The average Bonchev–Trinajstić information content (AvgIpc) is 2.92. The van der Waals surface area contributed by atoms with Crippen molar-refractivity contribution in [3.05, 3.63) is 47.7 Å². The number of nitrogens with zero attached hydrogens (tertiary/aromatic N) is 1. The summed E-state index contributed by atoms with van der Waals surface area (Å²) in [5.41, 5.74) is 0.520. The van der Waals surface area contributed by atoms with Crippen molar-refractivity contribution in [2.45, 2.75) is 33.2 Å². The Labute approximate surface area is 135 Å². The zero-order chi connectivity index (χ0) is 16.8. The second-order valence-corrected chi connectivity index (χ2v) is 5.83. The second-order valence-electron chi connectivity index (χ2n) is 5.83. The summed E-state index contributed by atoms with van der Waals surface area (Å²) in [6.45, 7) is 5.73. The molecule has 0 aliphatic carbocycles. The van der Waals surface area contributed by atoms with Crippen LogP contribution in [-0.4, -0.2) is 23.0 Å². The third kappa shape index (κ3) is 4.95. The van der Waals surface area contributed by atoms with Crippen LogP contribution in [0.15, 0.2) is 40.9 Å². The molecule has 1 heterocycles. The Balaban J connectivity index is 2.06. The highest BCUT2D eigenvalue weighted by Crippen LogP contribution is 2.11. The first-order chi connectivity index (χ1) is 11.0. The highest BCUT2D eigenvalue weighted by Gasteiger charge is 2.23. The Bertz CT molecular complexity index is 665. The Morgan fingerprint density at radius 3 is 2.48 bits per heavy atom. The van der Waals surface area contributed by atoms with Crippen molar-refractivity contribution in [2.24, 2.45) is 5.92 Å². The normalized spacial score (nSPS) is 12.0. The standard InChI is InChI=1S/C17H21N3O3/c1-11(2)9-14(17(22)19-15-10-12(3)23-20-15)18-16(21)13-7-5-4-6-8-13/h4-8,10-11,14H,9H2,1-3H3,(H,18,21)(H,19,20,22)/t14-/m1/s1.